The Hall–Kier alpha value is -1.02. The van der Waals surface area contributed by atoms with Crippen LogP contribution in [0.25, 0.3) is 0 Å². The molecule has 2 rings (SSSR count). The molecule has 1 aromatic rings. The van der Waals surface area contributed by atoms with E-state index in [-0.39, 0.29) is 0 Å². The molecule has 1 atom stereocenters. The Labute approximate surface area is 85.3 Å². The van der Waals surface area contributed by atoms with Crippen LogP contribution in [-0.2, 0) is 6.42 Å². The Balaban J connectivity index is 2.46. The van der Waals surface area contributed by atoms with Gasteiger partial charge >= 0.3 is 0 Å². The third-order valence-electron chi connectivity index (χ3n) is 2.91. The summed E-state index contributed by atoms with van der Waals surface area (Å²) in [7, 11) is 1.75. The van der Waals surface area contributed by atoms with Gasteiger partial charge in [0.1, 0.15) is 5.75 Å². The predicted octanol–water partition coefficient (Wildman–Crippen LogP) is 2.29. The molecule has 0 radical (unpaired) electrons. The Morgan fingerprint density at radius 3 is 3.07 bits per heavy atom. The van der Waals surface area contributed by atoms with E-state index in [1.807, 2.05) is 0 Å². The summed E-state index contributed by atoms with van der Waals surface area (Å²) in [5.74, 6) is 1.04. The fourth-order valence-electron chi connectivity index (χ4n) is 2.14. The standard InChI is InChI=1S/C12H17NO/c1-9-10-5-3-7-12(14-2)11(10)6-4-8-13-9/h3,5,7,9,13H,4,6,8H2,1-2H3/t9-/m1/s1. The van der Waals surface area contributed by atoms with E-state index in [0.717, 1.165) is 18.7 Å². The van der Waals surface area contributed by atoms with Gasteiger partial charge in [0.2, 0.25) is 0 Å². The zero-order valence-corrected chi connectivity index (χ0v) is 8.84. The lowest BCUT2D eigenvalue weighted by atomic mass is 9.99. The van der Waals surface area contributed by atoms with Crippen LogP contribution in [0.4, 0.5) is 0 Å². The monoisotopic (exact) mass is 191 g/mol. The van der Waals surface area contributed by atoms with Crippen molar-refractivity contribution in [2.75, 3.05) is 13.7 Å². The molecule has 1 N–H and O–H groups in total. The number of methoxy groups -OCH3 is 1. The lowest BCUT2D eigenvalue weighted by Crippen LogP contribution is -2.17. The number of hydrogen-bond acceptors (Lipinski definition) is 2. The molecule has 2 nitrogen and oxygen atoms in total. The number of fused-ring (bicyclic) bond motifs is 1. The highest BCUT2D eigenvalue weighted by Crippen LogP contribution is 2.29. The smallest absolute Gasteiger partial charge is 0.122 e. The Bertz CT molecular complexity index is 322. The molecule has 0 aliphatic carbocycles. The second kappa shape index (κ2) is 4.01. The van der Waals surface area contributed by atoms with Gasteiger partial charge in [-0.3, -0.25) is 0 Å². The van der Waals surface area contributed by atoms with Crippen molar-refractivity contribution in [2.24, 2.45) is 0 Å². The molecule has 76 valence electrons. The van der Waals surface area contributed by atoms with Gasteiger partial charge in [0.25, 0.3) is 0 Å². The van der Waals surface area contributed by atoms with Gasteiger partial charge in [-0.15, -0.1) is 0 Å². The molecule has 0 saturated heterocycles. The van der Waals surface area contributed by atoms with Crippen molar-refractivity contribution in [1.82, 2.24) is 5.32 Å². The van der Waals surface area contributed by atoms with Gasteiger partial charge in [0.05, 0.1) is 7.11 Å². The number of hydrogen-bond donors (Lipinski definition) is 1. The summed E-state index contributed by atoms with van der Waals surface area (Å²) >= 11 is 0. The molecule has 2 heteroatoms. The normalized spacial score (nSPS) is 21.1. The van der Waals surface area contributed by atoms with Gasteiger partial charge < -0.3 is 10.1 Å². The predicted molar refractivity (Wildman–Crippen MR) is 57.7 cm³/mol. The summed E-state index contributed by atoms with van der Waals surface area (Å²) in [4.78, 5) is 0. The second-order valence-corrected chi connectivity index (χ2v) is 3.81. The maximum absolute atomic E-state index is 5.39. The Morgan fingerprint density at radius 1 is 1.43 bits per heavy atom. The van der Waals surface area contributed by atoms with E-state index < -0.39 is 0 Å². The second-order valence-electron chi connectivity index (χ2n) is 3.81. The lowest BCUT2D eigenvalue weighted by molar-refractivity contribution is 0.408. The topological polar surface area (TPSA) is 21.3 Å². The first-order chi connectivity index (χ1) is 6.83. The van der Waals surface area contributed by atoms with Crippen molar-refractivity contribution in [3.63, 3.8) is 0 Å². The van der Waals surface area contributed by atoms with Crippen LogP contribution in [-0.4, -0.2) is 13.7 Å². The van der Waals surface area contributed by atoms with Gasteiger partial charge in [-0.1, -0.05) is 12.1 Å². The van der Waals surface area contributed by atoms with Crippen LogP contribution in [0.1, 0.15) is 30.5 Å². The van der Waals surface area contributed by atoms with Gasteiger partial charge in [-0.05, 0) is 43.5 Å². The summed E-state index contributed by atoms with van der Waals surface area (Å²) in [6, 6.07) is 6.77. The third-order valence-corrected chi connectivity index (χ3v) is 2.91. The van der Waals surface area contributed by atoms with Crippen molar-refractivity contribution in [3.8, 4) is 5.75 Å². The van der Waals surface area contributed by atoms with Crippen molar-refractivity contribution < 1.29 is 4.74 Å². The molecule has 1 aliphatic rings. The maximum Gasteiger partial charge on any atom is 0.122 e. The minimum atomic E-state index is 0.447. The molecule has 1 heterocycles. The molecular formula is C12H17NO. The Morgan fingerprint density at radius 2 is 2.29 bits per heavy atom. The number of ether oxygens (including phenoxy) is 1. The molecule has 0 spiro atoms. The Kier molecular flexibility index (Phi) is 2.73. The van der Waals surface area contributed by atoms with E-state index in [0.29, 0.717) is 6.04 Å². The highest BCUT2D eigenvalue weighted by atomic mass is 16.5. The van der Waals surface area contributed by atoms with Gasteiger partial charge in [0, 0.05) is 6.04 Å². The van der Waals surface area contributed by atoms with Crippen LogP contribution < -0.4 is 10.1 Å². The van der Waals surface area contributed by atoms with Crippen LogP contribution >= 0.6 is 0 Å². The molecule has 14 heavy (non-hydrogen) atoms. The minimum Gasteiger partial charge on any atom is -0.496 e. The molecule has 0 bridgehead atoms. The molecule has 0 saturated carbocycles. The van der Waals surface area contributed by atoms with Crippen molar-refractivity contribution in [3.05, 3.63) is 29.3 Å². The van der Waals surface area contributed by atoms with E-state index in [2.05, 4.69) is 30.4 Å². The highest BCUT2D eigenvalue weighted by molar-refractivity contribution is 5.42. The van der Waals surface area contributed by atoms with E-state index in [4.69, 9.17) is 4.74 Å². The summed E-state index contributed by atoms with van der Waals surface area (Å²) in [6.45, 7) is 3.31. The quantitative estimate of drug-likeness (QED) is 0.735. The van der Waals surface area contributed by atoms with Crippen LogP contribution in [0.2, 0.25) is 0 Å². The van der Waals surface area contributed by atoms with E-state index >= 15 is 0 Å². The summed E-state index contributed by atoms with van der Waals surface area (Å²) < 4.78 is 5.39. The van der Waals surface area contributed by atoms with Crippen LogP contribution in [0.5, 0.6) is 5.75 Å². The summed E-state index contributed by atoms with van der Waals surface area (Å²) in [6.07, 6.45) is 2.31. The van der Waals surface area contributed by atoms with Gasteiger partial charge in [0.15, 0.2) is 0 Å². The first kappa shape index (κ1) is 9.53. The van der Waals surface area contributed by atoms with Crippen molar-refractivity contribution in [1.29, 1.82) is 0 Å². The lowest BCUT2D eigenvalue weighted by Gasteiger charge is -2.15. The fraction of sp³-hybridized carbons (Fsp3) is 0.500. The number of benzene rings is 1. The average Bonchev–Trinajstić information content (AvgIpc) is 2.41. The number of rotatable bonds is 1. The van der Waals surface area contributed by atoms with E-state index in [1.54, 1.807) is 7.11 Å². The molecule has 1 aliphatic heterocycles. The van der Waals surface area contributed by atoms with E-state index in [1.165, 1.54) is 17.5 Å². The highest BCUT2D eigenvalue weighted by Gasteiger charge is 2.16. The van der Waals surface area contributed by atoms with Crippen LogP contribution in [0.15, 0.2) is 18.2 Å². The average molecular weight is 191 g/mol. The summed E-state index contributed by atoms with van der Waals surface area (Å²) in [5.41, 5.74) is 2.77. The molecular weight excluding hydrogens is 174 g/mol. The zero-order chi connectivity index (χ0) is 9.97. The van der Waals surface area contributed by atoms with Crippen LogP contribution in [0, 0.1) is 0 Å². The largest absolute Gasteiger partial charge is 0.496 e. The fourth-order valence-corrected chi connectivity index (χ4v) is 2.14. The van der Waals surface area contributed by atoms with Crippen molar-refractivity contribution >= 4 is 0 Å². The molecule has 0 fully saturated rings. The number of nitrogens with one attached hydrogen (secondary N) is 1. The van der Waals surface area contributed by atoms with Crippen LogP contribution in [0.3, 0.4) is 0 Å². The molecule has 1 aromatic carbocycles. The van der Waals surface area contributed by atoms with Gasteiger partial charge in [-0.25, -0.2) is 0 Å². The van der Waals surface area contributed by atoms with Crippen molar-refractivity contribution in [2.45, 2.75) is 25.8 Å². The maximum atomic E-state index is 5.39. The first-order valence-corrected chi connectivity index (χ1v) is 5.22. The zero-order valence-electron chi connectivity index (χ0n) is 8.84. The summed E-state index contributed by atoms with van der Waals surface area (Å²) in [5, 5.41) is 3.50. The first-order valence-electron chi connectivity index (χ1n) is 5.22. The third kappa shape index (κ3) is 1.62. The van der Waals surface area contributed by atoms with E-state index in [9.17, 15) is 0 Å². The molecule has 0 unspecified atom stereocenters. The molecule has 0 aromatic heterocycles. The van der Waals surface area contributed by atoms with Gasteiger partial charge in [-0.2, -0.15) is 0 Å². The SMILES string of the molecule is COc1cccc2c1CCCN[C@@H]2C. The minimum absolute atomic E-state index is 0.447. The molecule has 0 amide bonds.